The first-order valence-corrected chi connectivity index (χ1v) is 6.41. The number of hydrogen-bond donors (Lipinski definition) is 0. The normalized spacial score (nSPS) is 11.3. The predicted octanol–water partition coefficient (Wildman–Crippen LogP) is 3.32. The summed E-state index contributed by atoms with van der Waals surface area (Å²) in [7, 11) is 2.95. The zero-order valence-electron chi connectivity index (χ0n) is 11.9. The number of carbonyl (C=O) groups is 1. The summed E-state index contributed by atoms with van der Waals surface area (Å²) in [5, 5.41) is 0. The van der Waals surface area contributed by atoms with Gasteiger partial charge in [-0.3, -0.25) is 4.79 Å². The van der Waals surface area contributed by atoms with Crippen LogP contribution < -0.4 is 0 Å². The Morgan fingerprint density at radius 3 is 1.95 bits per heavy atom. The van der Waals surface area contributed by atoms with Gasteiger partial charge in [0, 0.05) is 25.3 Å². The molecule has 2 rings (SSSR count). The van der Waals surface area contributed by atoms with Crippen LogP contribution in [0.1, 0.15) is 21.5 Å². The van der Waals surface area contributed by atoms with Gasteiger partial charge >= 0.3 is 0 Å². The molecule has 0 atom stereocenters. The summed E-state index contributed by atoms with van der Waals surface area (Å²) in [6.45, 7) is 1.99. The lowest BCUT2D eigenvalue weighted by Crippen LogP contribution is -2.40. The van der Waals surface area contributed by atoms with E-state index in [1.165, 1.54) is 14.2 Å². The Balaban J connectivity index is 2.49. The van der Waals surface area contributed by atoms with Crippen molar-refractivity contribution in [1.82, 2.24) is 0 Å². The van der Waals surface area contributed by atoms with Gasteiger partial charge in [0.15, 0.2) is 0 Å². The molecule has 0 bridgehead atoms. The van der Waals surface area contributed by atoms with Crippen molar-refractivity contribution in [1.29, 1.82) is 0 Å². The van der Waals surface area contributed by atoms with Crippen LogP contribution in [0.4, 0.5) is 0 Å². The third kappa shape index (κ3) is 2.50. The molecule has 2 aromatic rings. The molecule has 20 heavy (non-hydrogen) atoms. The maximum Gasteiger partial charge on any atom is 0.260 e. The largest absolute Gasteiger partial charge is 0.343 e. The number of rotatable bonds is 5. The second kappa shape index (κ2) is 5.99. The molecule has 104 valence electrons. The summed E-state index contributed by atoms with van der Waals surface area (Å²) in [5.41, 5.74) is 2.35. The van der Waals surface area contributed by atoms with E-state index in [4.69, 9.17) is 9.47 Å². The number of aryl methyl sites for hydroxylation is 1. The van der Waals surface area contributed by atoms with Gasteiger partial charge in [0.2, 0.25) is 5.78 Å². The second-order valence-electron chi connectivity index (χ2n) is 4.59. The Bertz CT molecular complexity index is 569. The highest BCUT2D eigenvalue weighted by molar-refractivity contribution is 6.02. The number of hydrogen-bond acceptors (Lipinski definition) is 3. The van der Waals surface area contributed by atoms with Crippen LogP contribution in [0.25, 0.3) is 0 Å². The van der Waals surface area contributed by atoms with Crippen LogP contribution in [0.2, 0.25) is 0 Å². The summed E-state index contributed by atoms with van der Waals surface area (Å²) < 4.78 is 10.9. The molecular weight excluding hydrogens is 252 g/mol. The molecule has 0 aliphatic carbocycles. The molecule has 0 fully saturated rings. The fraction of sp³-hybridized carbons (Fsp3) is 0.235. The lowest BCUT2D eigenvalue weighted by atomic mass is 9.95. The molecule has 0 unspecified atom stereocenters. The third-order valence-electron chi connectivity index (χ3n) is 3.34. The number of benzene rings is 2. The lowest BCUT2D eigenvalue weighted by Gasteiger charge is -2.29. The lowest BCUT2D eigenvalue weighted by molar-refractivity contribution is -0.176. The number of methoxy groups -OCH3 is 2. The Morgan fingerprint density at radius 2 is 1.45 bits per heavy atom. The van der Waals surface area contributed by atoms with E-state index in [9.17, 15) is 4.79 Å². The minimum Gasteiger partial charge on any atom is -0.343 e. The summed E-state index contributed by atoms with van der Waals surface area (Å²) in [4.78, 5) is 12.8. The summed E-state index contributed by atoms with van der Waals surface area (Å²) >= 11 is 0. The predicted molar refractivity (Wildman–Crippen MR) is 77.6 cm³/mol. The SMILES string of the molecule is COC(OC)(C(=O)c1ccccc1)c1ccc(C)cc1. The highest BCUT2D eigenvalue weighted by Crippen LogP contribution is 2.30. The first-order valence-electron chi connectivity index (χ1n) is 6.41. The van der Waals surface area contributed by atoms with Crippen molar-refractivity contribution in [2.45, 2.75) is 12.7 Å². The quantitative estimate of drug-likeness (QED) is 0.617. The fourth-order valence-corrected chi connectivity index (χ4v) is 2.19. The smallest absolute Gasteiger partial charge is 0.260 e. The highest BCUT2D eigenvalue weighted by atomic mass is 16.7. The zero-order valence-corrected chi connectivity index (χ0v) is 11.9. The molecule has 0 aromatic heterocycles. The molecular formula is C17H18O3. The molecule has 3 nitrogen and oxygen atoms in total. The van der Waals surface area contributed by atoms with E-state index in [-0.39, 0.29) is 5.78 Å². The molecule has 3 heteroatoms. The van der Waals surface area contributed by atoms with E-state index < -0.39 is 5.79 Å². The highest BCUT2D eigenvalue weighted by Gasteiger charge is 2.41. The van der Waals surface area contributed by atoms with E-state index in [0.29, 0.717) is 11.1 Å². The molecule has 0 aliphatic heterocycles. The van der Waals surface area contributed by atoms with Gasteiger partial charge < -0.3 is 9.47 Å². The topological polar surface area (TPSA) is 35.5 Å². The Kier molecular flexibility index (Phi) is 4.32. The molecule has 2 aromatic carbocycles. The number of carbonyl (C=O) groups excluding carboxylic acids is 1. The second-order valence-corrected chi connectivity index (χ2v) is 4.59. The maximum absolute atomic E-state index is 12.8. The number of Topliss-reactive ketones (excluding diaryl/α,β-unsaturated/α-hetero) is 1. The Hall–Kier alpha value is -1.97. The summed E-state index contributed by atoms with van der Waals surface area (Å²) in [6, 6.07) is 16.6. The Morgan fingerprint density at radius 1 is 0.900 bits per heavy atom. The van der Waals surface area contributed by atoms with Gasteiger partial charge in [0.1, 0.15) is 0 Å². The molecule has 0 heterocycles. The van der Waals surface area contributed by atoms with E-state index in [2.05, 4.69) is 0 Å². The molecule has 0 radical (unpaired) electrons. The average Bonchev–Trinajstić information content (AvgIpc) is 2.51. The molecule has 0 saturated carbocycles. The molecule has 0 saturated heterocycles. The van der Waals surface area contributed by atoms with Gasteiger partial charge in [-0.05, 0) is 6.92 Å². The van der Waals surface area contributed by atoms with Crippen LogP contribution in [0.15, 0.2) is 54.6 Å². The third-order valence-corrected chi connectivity index (χ3v) is 3.34. The number of ether oxygens (including phenoxy) is 2. The van der Waals surface area contributed by atoms with E-state index in [1.807, 2.05) is 49.4 Å². The molecule has 0 aliphatic rings. The van der Waals surface area contributed by atoms with E-state index in [0.717, 1.165) is 5.56 Å². The molecule has 0 N–H and O–H groups in total. The van der Waals surface area contributed by atoms with Gasteiger partial charge in [-0.2, -0.15) is 0 Å². The number of ketones is 1. The zero-order chi connectivity index (χ0) is 14.6. The molecule has 0 spiro atoms. The van der Waals surface area contributed by atoms with Gasteiger partial charge in [-0.25, -0.2) is 0 Å². The van der Waals surface area contributed by atoms with Crippen LogP contribution >= 0.6 is 0 Å². The fourth-order valence-electron chi connectivity index (χ4n) is 2.19. The van der Waals surface area contributed by atoms with Crippen molar-refractivity contribution in [3.05, 3.63) is 71.3 Å². The van der Waals surface area contributed by atoms with Gasteiger partial charge in [0.05, 0.1) is 0 Å². The van der Waals surface area contributed by atoms with Crippen LogP contribution in [0, 0.1) is 6.92 Å². The minimum absolute atomic E-state index is 0.216. The standard InChI is InChI=1S/C17H18O3/c1-13-9-11-15(12-10-13)17(19-2,20-3)16(18)14-7-5-4-6-8-14/h4-12H,1-3H3. The van der Waals surface area contributed by atoms with Gasteiger partial charge in [0.25, 0.3) is 5.79 Å². The van der Waals surface area contributed by atoms with Gasteiger partial charge in [-0.1, -0.05) is 60.2 Å². The first kappa shape index (κ1) is 14.4. The van der Waals surface area contributed by atoms with Crippen molar-refractivity contribution < 1.29 is 14.3 Å². The van der Waals surface area contributed by atoms with Crippen molar-refractivity contribution >= 4 is 5.78 Å². The Labute approximate surface area is 119 Å². The van der Waals surface area contributed by atoms with Gasteiger partial charge in [-0.15, -0.1) is 0 Å². The van der Waals surface area contributed by atoms with Crippen LogP contribution in [0.5, 0.6) is 0 Å². The van der Waals surface area contributed by atoms with Crippen LogP contribution in [-0.4, -0.2) is 20.0 Å². The average molecular weight is 270 g/mol. The van der Waals surface area contributed by atoms with Crippen molar-refractivity contribution in [3.63, 3.8) is 0 Å². The first-order chi connectivity index (χ1) is 9.64. The summed E-state index contributed by atoms with van der Waals surface area (Å²) in [5.74, 6) is -1.62. The monoisotopic (exact) mass is 270 g/mol. The van der Waals surface area contributed by atoms with Crippen LogP contribution in [0.3, 0.4) is 0 Å². The van der Waals surface area contributed by atoms with E-state index in [1.54, 1.807) is 12.1 Å². The molecule has 0 amide bonds. The van der Waals surface area contributed by atoms with Crippen molar-refractivity contribution in [2.24, 2.45) is 0 Å². The van der Waals surface area contributed by atoms with Crippen LogP contribution in [-0.2, 0) is 15.3 Å². The minimum atomic E-state index is -1.41. The van der Waals surface area contributed by atoms with Crippen molar-refractivity contribution in [2.75, 3.05) is 14.2 Å². The van der Waals surface area contributed by atoms with Crippen molar-refractivity contribution in [3.8, 4) is 0 Å². The van der Waals surface area contributed by atoms with E-state index >= 15 is 0 Å². The maximum atomic E-state index is 12.8. The summed E-state index contributed by atoms with van der Waals surface area (Å²) in [6.07, 6.45) is 0.